The van der Waals surface area contributed by atoms with Crippen molar-refractivity contribution in [2.75, 3.05) is 5.32 Å². The van der Waals surface area contributed by atoms with Crippen molar-refractivity contribution < 1.29 is 24.6 Å². The molecular formula is C16H17NO5-2. The Morgan fingerprint density at radius 2 is 1.59 bits per heavy atom. The van der Waals surface area contributed by atoms with E-state index in [-0.39, 0.29) is 12.3 Å². The Balaban J connectivity index is 2.01. The number of carboxylic acids is 2. The second-order valence-corrected chi connectivity index (χ2v) is 5.55. The predicted octanol–water partition coefficient (Wildman–Crippen LogP) is -0.526. The molecule has 0 aliphatic heterocycles. The molecule has 1 amide bonds. The van der Waals surface area contributed by atoms with Crippen LogP contribution in [0.15, 0.2) is 24.3 Å². The topological polar surface area (TPSA) is 109 Å². The second-order valence-electron chi connectivity index (χ2n) is 5.55. The van der Waals surface area contributed by atoms with Crippen LogP contribution in [0.2, 0.25) is 0 Å². The van der Waals surface area contributed by atoms with Gasteiger partial charge in [0.2, 0.25) is 5.91 Å². The predicted molar refractivity (Wildman–Crippen MR) is 74.2 cm³/mol. The van der Waals surface area contributed by atoms with Crippen molar-refractivity contribution in [1.82, 2.24) is 0 Å². The quantitative estimate of drug-likeness (QED) is 0.786. The van der Waals surface area contributed by atoms with Gasteiger partial charge in [0.15, 0.2) is 0 Å². The molecule has 0 unspecified atom stereocenters. The maximum Gasteiger partial charge on any atom is 0.228 e. The fourth-order valence-electron chi connectivity index (χ4n) is 2.83. The molecule has 1 fully saturated rings. The van der Waals surface area contributed by atoms with E-state index >= 15 is 0 Å². The summed E-state index contributed by atoms with van der Waals surface area (Å²) in [6.45, 7) is 0. The summed E-state index contributed by atoms with van der Waals surface area (Å²) in [6, 6.07) is 6.35. The summed E-state index contributed by atoms with van der Waals surface area (Å²) in [7, 11) is 0. The standard InChI is InChI=1S/C16H19NO5/c18-14(19)9-10-5-7-11(8-6-10)17-15(20)12-3-1-2-4-13(12)16(21)22/h5-8,12-13H,1-4,9H2,(H,17,20)(H,18,19)(H,21,22)/p-2/t12-,13+/m0/s1. The summed E-state index contributed by atoms with van der Waals surface area (Å²) in [5, 5.41) is 24.3. The Morgan fingerprint density at radius 3 is 2.14 bits per heavy atom. The van der Waals surface area contributed by atoms with E-state index < -0.39 is 23.8 Å². The number of carbonyl (C=O) groups is 3. The summed E-state index contributed by atoms with van der Waals surface area (Å²) in [4.78, 5) is 33.9. The van der Waals surface area contributed by atoms with E-state index in [1.54, 1.807) is 24.3 Å². The van der Waals surface area contributed by atoms with Crippen molar-refractivity contribution in [3.63, 3.8) is 0 Å². The van der Waals surface area contributed by atoms with Gasteiger partial charge in [-0.15, -0.1) is 0 Å². The normalized spacial score (nSPS) is 21.1. The largest absolute Gasteiger partial charge is 0.550 e. The molecule has 1 N–H and O–H groups in total. The van der Waals surface area contributed by atoms with Gasteiger partial charge in [-0.05, 0) is 30.5 Å². The Kier molecular flexibility index (Phi) is 5.14. The highest BCUT2D eigenvalue weighted by atomic mass is 16.4. The molecule has 1 saturated carbocycles. The van der Waals surface area contributed by atoms with Gasteiger partial charge in [0.1, 0.15) is 0 Å². The number of rotatable bonds is 5. The zero-order valence-electron chi connectivity index (χ0n) is 12.0. The molecule has 6 nitrogen and oxygen atoms in total. The van der Waals surface area contributed by atoms with E-state index in [4.69, 9.17) is 0 Å². The molecule has 0 saturated heterocycles. The van der Waals surface area contributed by atoms with Crippen LogP contribution in [-0.4, -0.2) is 17.8 Å². The molecule has 118 valence electrons. The van der Waals surface area contributed by atoms with Crippen LogP contribution in [0.3, 0.4) is 0 Å². The highest BCUT2D eigenvalue weighted by Gasteiger charge is 2.31. The first kappa shape index (κ1) is 16.0. The van der Waals surface area contributed by atoms with Crippen LogP contribution in [0.5, 0.6) is 0 Å². The Bertz CT molecular complexity index is 566. The number of hydrogen-bond donors (Lipinski definition) is 1. The van der Waals surface area contributed by atoms with Crippen molar-refractivity contribution in [3.05, 3.63) is 29.8 Å². The Labute approximate surface area is 128 Å². The van der Waals surface area contributed by atoms with Crippen LogP contribution >= 0.6 is 0 Å². The first-order valence-corrected chi connectivity index (χ1v) is 7.28. The molecule has 2 rings (SSSR count). The average molecular weight is 303 g/mol. The first-order valence-electron chi connectivity index (χ1n) is 7.28. The molecule has 0 bridgehead atoms. The van der Waals surface area contributed by atoms with E-state index in [1.165, 1.54) is 0 Å². The highest BCUT2D eigenvalue weighted by molar-refractivity contribution is 5.95. The number of benzene rings is 1. The lowest BCUT2D eigenvalue weighted by Crippen LogP contribution is -2.42. The lowest BCUT2D eigenvalue weighted by atomic mass is 9.78. The molecule has 0 aromatic heterocycles. The van der Waals surface area contributed by atoms with Crippen LogP contribution in [0.25, 0.3) is 0 Å². The van der Waals surface area contributed by atoms with Gasteiger partial charge in [0.05, 0.1) is 0 Å². The third kappa shape index (κ3) is 4.07. The minimum atomic E-state index is -1.18. The molecule has 6 heteroatoms. The number of hydrogen-bond acceptors (Lipinski definition) is 5. The number of carbonyl (C=O) groups excluding carboxylic acids is 3. The van der Waals surface area contributed by atoms with E-state index in [0.717, 1.165) is 12.8 Å². The summed E-state index contributed by atoms with van der Waals surface area (Å²) in [6.07, 6.45) is 2.43. The third-order valence-corrected chi connectivity index (χ3v) is 3.98. The van der Waals surface area contributed by atoms with Gasteiger partial charge in [-0.2, -0.15) is 0 Å². The SMILES string of the molecule is O=C([O-])Cc1ccc(NC(=O)[C@H]2CCCC[C@H]2C(=O)[O-])cc1. The van der Waals surface area contributed by atoms with Gasteiger partial charge < -0.3 is 25.1 Å². The summed E-state index contributed by atoms with van der Waals surface area (Å²) in [5.41, 5.74) is 1.08. The van der Waals surface area contributed by atoms with Crippen LogP contribution in [0.4, 0.5) is 5.69 Å². The third-order valence-electron chi connectivity index (χ3n) is 3.98. The number of aliphatic carboxylic acids is 2. The molecule has 22 heavy (non-hydrogen) atoms. The van der Waals surface area contributed by atoms with Gasteiger partial charge in [0, 0.05) is 35.9 Å². The smallest absolute Gasteiger partial charge is 0.228 e. The maximum absolute atomic E-state index is 12.2. The zero-order valence-corrected chi connectivity index (χ0v) is 12.0. The number of anilines is 1. The molecular weight excluding hydrogens is 286 g/mol. The zero-order chi connectivity index (χ0) is 16.1. The van der Waals surface area contributed by atoms with E-state index in [9.17, 15) is 24.6 Å². The Morgan fingerprint density at radius 1 is 1.00 bits per heavy atom. The minimum Gasteiger partial charge on any atom is -0.550 e. The van der Waals surface area contributed by atoms with Gasteiger partial charge in [-0.25, -0.2) is 0 Å². The summed E-state index contributed by atoms with van der Waals surface area (Å²) >= 11 is 0. The van der Waals surface area contributed by atoms with Crippen molar-refractivity contribution in [1.29, 1.82) is 0 Å². The lowest BCUT2D eigenvalue weighted by Gasteiger charge is -2.31. The van der Waals surface area contributed by atoms with E-state index in [0.29, 0.717) is 24.1 Å². The fourth-order valence-corrected chi connectivity index (χ4v) is 2.83. The lowest BCUT2D eigenvalue weighted by molar-refractivity contribution is -0.314. The maximum atomic E-state index is 12.2. The monoisotopic (exact) mass is 303 g/mol. The summed E-state index contributed by atoms with van der Waals surface area (Å²) < 4.78 is 0. The first-order chi connectivity index (χ1) is 10.5. The highest BCUT2D eigenvalue weighted by Crippen LogP contribution is 2.30. The molecule has 1 aliphatic rings. The average Bonchev–Trinajstić information content (AvgIpc) is 2.48. The fraction of sp³-hybridized carbons (Fsp3) is 0.438. The van der Waals surface area contributed by atoms with Crippen molar-refractivity contribution in [2.24, 2.45) is 11.8 Å². The second kappa shape index (κ2) is 7.06. The van der Waals surface area contributed by atoms with Crippen molar-refractivity contribution in [2.45, 2.75) is 32.1 Å². The van der Waals surface area contributed by atoms with Crippen LogP contribution in [-0.2, 0) is 20.8 Å². The van der Waals surface area contributed by atoms with Crippen LogP contribution in [0, 0.1) is 11.8 Å². The molecule has 0 spiro atoms. The number of carboxylic acid groups (broad SMARTS) is 2. The Hall–Kier alpha value is -2.37. The van der Waals surface area contributed by atoms with E-state index in [1.807, 2.05) is 0 Å². The van der Waals surface area contributed by atoms with E-state index in [2.05, 4.69) is 5.32 Å². The van der Waals surface area contributed by atoms with Gasteiger partial charge >= 0.3 is 0 Å². The van der Waals surface area contributed by atoms with Crippen molar-refractivity contribution in [3.8, 4) is 0 Å². The van der Waals surface area contributed by atoms with Crippen molar-refractivity contribution >= 4 is 23.5 Å². The van der Waals surface area contributed by atoms with Gasteiger partial charge in [0.25, 0.3) is 0 Å². The minimum absolute atomic E-state index is 0.191. The molecule has 1 aromatic rings. The number of amides is 1. The molecule has 1 aromatic carbocycles. The molecule has 0 heterocycles. The van der Waals surface area contributed by atoms with Crippen LogP contribution < -0.4 is 15.5 Å². The summed E-state index contributed by atoms with van der Waals surface area (Å²) in [5.74, 6) is -4.01. The van der Waals surface area contributed by atoms with Gasteiger partial charge in [-0.1, -0.05) is 25.0 Å². The molecule has 2 atom stereocenters. The molecule has 0 radical (unpaired) electrons. The number of nitrogens with one attached hydrogen (secondary N) is 1. The van der Waals surface area contributed by atoms with Crippen LogP contribution in [0.1, 0.15) is 31.2 Å². The van der Waals surface area contributed by atoms with Gasteiger partial charge in [-0.3, -0.25) is 4.79 Å². The molecule has 1 aliphatic carbocycles.